The van der Waals surface area contributed by atoms with Crippen LogP contribution in [0.25, 0.3) is 10.8 Å². The Bertz CT molecular complexity index is 669. The fourth-order valence-electron chi connectivity index (χ4n) is 1.92. The molecule has 0 aliphatic rings. The number of hydrogen-bond acceptors (Lipinski definition) is 4. The summed E-state index contributed by atoms with van der Waals surface area (Å²) in [4.78, 5) is 23.9. The van der Waals surface area contributed by atoms with E-state index in [4.69, 9.17) is 0 Å². The summed E-state index contributed by atoms with van der Waals surface area (Å²) in [6.45, 7) is 4.03. The molecule has 1 atom stereocenters. The monoisotopic (exact) mass is 291 g/mol. The second-order valence-corrected chi connectivity index (χ2v) is 5.80. The number of fused-ring (bicyclic) bond motifs is 1. The minimum atomic E-state index is -0.285. The topological polar surface area (TPSA) is 74.8 Å². The van der Waals surface area contributed by atoms with E-state index in [0.717, 1.165) is 11.5 Å². The predicted octanol–water partition coefficient (Wildman–Crippen LogP) is 1.79. The van der Waals surface area contributed by atoms with Gasteiger partial charge in [-0.2, -0.15) is 16.9 Å². The van der Waals surface area contributed by atoms with Crippen LogP contribution in [0.4, 0.5) is 0 Å². The van der Waals surface area contributed by atoms with E-state index in [2.05, 4.69) is 22.4 Å². The van der Waals surface area contributed by atoms with Crippen LogP contribution in [0, 0.1) is 0 Å². The van der Waals surface area contributed by atoms with E-state index in [1.807, 2.05) is 6.92 Å². The average Bonchev–Trinajstić information content (AvgIpc) is 2.45. The summed E-state index contributed by atoms with van der Waals surface area (Å²) in [5.41, 5.74) is -0.0275. The van der Waals surface area contributed by atoms with Gasteiger partial charge in [0.25, 0.3) is 11.5 Å². The Morgan fingerprint density at radius 2 is 2.10 bits per heavy atom. The molecule has 0 radical (unpaired) electrons. The first-order valence-electron chi connectivity index (χ1n) is 6.49. The first-order valence-corrected chi connectivity index (χ1v) is 7.65. The second kappa shape index (κ2) is 6.56. The standard InChI is InChI=1S/C14H17N3O2S/c1-3-20-8-9(2)15-14(19)12-10-6-4-5-7-11(10)13(18)17-16-12/h4-7,9H,3,8H2,1-2H3,(H,15,19)(H,17,18). The summed E-state index contributed by atoms with van der Waals surface area (Å²) in [6, 6.07) is 7.03. The van der Waals surface area contributed by atoms with Crippen molar-refractivity contribution in [3.05, 3.63) is 40.3 Å². The highest BCUT2D eigenvalue weighted by atomic mass is 32.2. The van der Waals surface area contributed by atoms with Gasteiger partial charge in [0.15, 0.2) is 5.69 Å². The molecule has 0 aliphatic heterocycles. The van der Waals surface area contributed by atoms with E-state index in [-0.39, 0.29) is 23.2 Å². The van der Waals surface area contributed by atoms with Crippen molar-refractivity contribution in [1.29, 1.82) is 0 Å². The van der Waals surface area contributed by atoms with Gasteiger partial charge in [0.05, 0.1) is 5.39 Å². The highest BCUT2D eigenvalue weighted by molar-refractivity contribution is 7.99. The molecule has 1 aromatic carbocycles. The molecule has 1 unspecified atom stereocenters. The van der Waals surface area contributed by atoms with Gasteiger partial charge in [0.1, 0.15) is 0 Å². The third-order valence-electron chi connectivity index (χ3n) is 2.86. The zero-order valence-electron chi connectivity index (χ0n) is 11.5. The van der Waals surface area contributed by atoms with Crippen LogP contribution in [0.15, 0.2) is 29.1 Å². The van der Waals surface area contributed by atoms with Gasteiger partial charge in [-0.3, -0.25) is 9.59 Å². The summed E-state index contributed by atoms with van der Waals surface area (Å²) < 4.78 is 0. The van der Waals surface area contributed by atoms with E-state index in [9.17, 15) is 9.59 Å². The number of carbonyl (C=O) groups is 1. The molecule has 106 valence electrons. The molecule has 2 aromatic rings. The average molecular weight is 291 g/mol. The molecule has 6 heteroatoms. The molecule has 1 amide bonds. The highest BCUT2D eigenvalue weighted by Crippen LogP contribution is 2.12. The minimum Gasteiger partial charge on any atom is -0.347 e. The lowest BCUT2D eigenvalue weighted by Gasteiger charge is -2.13. The molecule has 5 nitrogen and oxygen atoms in total. The van der Waals surface area contributed by atoms with Crippen molar-refractivity contribution < 1.29 is 4.79 Å². The second-order valence-electron chi connectivity index (χ2n) is 4.48. The Balaban J connectivity index is 2.27. The van der Waals surface area contributed by atoms with Crippen LogP contribution in [-0.2, 0) is 0 Å². The summed E-state index contributed by atoms with van der Waals surface area (Å²) in [5.74, 6) is 1.60. The van der Waals surface area contributed by atoms with Crippen molar-refractivity contribution in [2.24, 2.45) is 0 Å². The molecule has 0 bridgehead atoms. The number of nitrogens with zero attached hydrogens (tertiary/aromatic N) is 1. The zero-order valence-corrected chi connectivity index (χ0v) is 12.3. The van der Waals surface area contributed by atoms with Crippen molar-refractivity contribution >= 4 is 28.4 Å². The Kier molecular flexibility index (Phi) is 4.79. The van der Waals surface area contributed by atoms with Gasteiger partial charge in [-0.15, -0.1) is 0 Å². The van der Waals surface area contributed by atoms with Crippen LogP contribution in [-0.4, -0.2) is 33.7 Å². The van der Waals surface area contributed by atoms with Crippen LogP contribution in [0.5, 0.6) is 0 Å². The molecule has 0 saturated heterocycles. The molecule has 1 aromatic heterocycles. The molecule has 0 saturated carbocycles. The number of carbonyl (C=O) groups excluding carboxylic acids is 1. The van der Waals surface area contributed by atoms with E-state index in [0.29, 0.717) is 10.8 Å². The molecular weight excluding hydrogens is 274 g/mol. The van der Waals surface area contributed by atoms with Gasteiger partial charge in [-0.05, 0) is 18.7 Å². The fourth-order valence-corrected chi connectivity index (χ4v) is 2.59. The number of hydrogen-bond donors (Lipinski definition) is 2. The number of aromatic nitrogens is 2. The van der Waals surface area contributed by atoms with E-state index in [1.165, 1.54) is 0 Å². The Hall–Kier alpha value is -1.82. The van der Waals surface area contributed by atoms with Crippen LogP contribution < -0.4 is 10.9 Å². The molecule has 0 spiro atoms. The summed E-state index contributed by atoms with van der Waals surface area (Å²) >= 11 is 1.77. The van der Waals surface area contributed by atoms with Crippen molar-refractivity contribution in [3.63, 3.8) is 0 Å². The van der Waals surface area contributed by atoms with Crippen molar-refractivity contribution in [1.82, 2.24) is 15.5 Å². The predicted molar refractivity (Wildman–Crippen MR) is 82.3 cm³/mol. The van der Waals surface area contributed by atoms with Gasteiger partial charge in [-0.25, -0.2) is 5.10 Å². The lowest BCUT2D eigenvalue weighted by atomic mass is 10.1. The maximum atomic E-state index is 12.2. The summed E-state index contributed by atoms with van der Waals surface area (Å²) in [5, 5.41) is 10.2. The van der Waals surface area contributed by atoms with Gasteiger partial charge in [0.2, 0.25) is 0 Å². The first-order chi connectivity index (χ1) is 9.63. The van der Waals surface area contributed by atoms with Crippen molar-refractivity contribution in [2.75, 3.05) is 11.5 Å². The summed E-state index contributed by atoms with van der Waals surface area (Å²) in [6.07, 6.45) is 0. The number of benzene rings is 1. The number of aromatic amines is 1. The fraction of sp³-hybridized carbons (Fsp3) is 0.357. The Morgan fingerprint density at radius 1 is 1.40 bits per heavy atom. The molecule has 20 heavy (non-hydrogen) atoms. The van der Waals surface area contributed by atoms with Crippen LogP contribution in [0.3, 0.4) is 0 Å². The van der Waals surface area contributed by atoms with Gasteiger partial charge in [-0.1, -0.05) is 25.1 Å². The van der Waals surface area contributed by atoms with Crippen LogP contribution >= 0.6 is 11.8 Å². The smallest absolute Gasteiger partial charge is 0.272 e. The lowest BCUT2D eigenvalue weighted by Crippen LogP contribution is -2.35. The lowest BCUT2D eigenvalue weighted by molar-refractivity contribution is 0.0939. The number of amides is 1. The SMILES string of the molecule is CCSCC(C)NC(=O)c1n[nH]c(=O)c2ccccc12. The molecule has 1 heterocycles. The third-order valence-corrected chi connectivity index (χ3v) is 4.00. The first kappa shape index (κ1) is 14.6. The van der Waals surface area contributed by atoms with E-state index in [1.54, 1.807) is 36.0 Å². The quantitative estimate of drug-likeness (QED) is 0.881. The van der Waals surface area contributed by atoms with Crippen LogP contribution in [0.1, 0.15) is 24.3 Å². The highest BCUT2D eigenvalue weighted by Gasteiger charge is 2.15. The molecular formula is C14H17N3O2S. The van der Waals surface area contributed by atoms with E-state index < -0.39 is 0 Å². The largest absolute Gasteiger partial charge is 0.347 e. The van der Waals surface area contributed by atoms with Gasteiger partial charge < -0.3 is 5.32 Å². The molecule has 2 N–H and O–H groups in total. The van der Waals surface area contributed by atoms with E-state index >= 15 is 0 Å². The maximum absolute atomic E-state index is 12.2. The number of thioether (sulfide) groups is 1. The van der Waals surface area contributed by atoms with Crippen molar-refractivity contribution in [3.8, 4) is 0 Å². The normalized spacial score (nSPS) is 12.3. The summed E-state index contributed by atoms with van der Waals surface area (Å²) in [7, 11) is 0. The number of H-pyrrole nitrogens is 1. The Labute approximate surface area is 121 Å². The molecule has 0 aliphatic carbocycles. The van der Waals surface area contributed by atoms with Gasteiger partial charge in [0, 0.05) is 17.2 Å². The molecule has 0 fully saturated rings. The van der Waals surface area contributed by atoms with Crippen LogP contribution in [0.2, 0.25) is 0 Å². The number of nitrogens with one attached hydrogen (secondary N) is 2. The number of rotatable bonds is 5. The molecule has 2 rings (SSSR count). The minimum absolute atomic E-state index is 0.0555. The maximum Gasteiger partial charge on any atom is 0.272 e. The Morgan fingerprint density at radius 3 is 2.80 bits per heavy atom. The van der Waals surface area contributed by atoms with Crippen molar-refractivity contribution in [2.45, 2.75) is 19.9 Å². The third kappa shape index (κ3) is 3.19. The van der Waals surface area contributed by atoms with Gasteiger partial charge >= 0.3 is 0 Å². The zero-order chi connectivity index (χ0) is 14.5.